The van der Waals surface area contributed by atoms with Crippen LogP contribution in [0.2, 0.25) is 0 Å². The Morgan fingerprint density at radius 2 is 2.10 bits per heavy atom. The number of nitrogens with one attached hydrogen (secondary N) is 2. The summed E-state index contributed by atoms with van der Waals surface area (Å²) >= 11 is 0. The van der Waals surface area contributed by atoms with Crippen LogP contribution in [-0.4, -0.2) is 30.1 Å². The zero-order valence-corrected chi connectivity index (χ0v) is 15.2. The average Bonchev–Trinajstić information content (AvgIpc) is 2.34. The number of pyridine rings is 1. The normalized spacial score (nSPS) is 11.6. The number of aliphatic imine (C=N–C) groups is 1. The van der Waals surface area contributed by atoms with Crippen molar-refractivity contribution in [3.63, 3.8) is 0 Å². The molecule has 1 rings (SSSR count). The van der Waals surface area contributed by atoms with Crippen molar-refractivity contribution in [3.8, 4) is 5.88 Å². The second-order valence-corrected chi connectivity index (χ2v) is 5.24. The molecule has 0 spiro atoms. The molecule has 0 fully saturated rings. The first kappa shape index (κ1) is 18.9. The summed E-state index contributed by atoms with van der Waals surface area (Å²) in [4.78, 5) is 8.33. The van der Waals surface area contributed by atoms with Crippen LogP contribution in [0, 0.1) is 0 Å². The molecule has 0 radical (unpaired) electrons. The lowest BCUT2D eigenvalue weighted by Gasteiger charge is -2.23. The Bertz CT molecular complexity index is 429. The number of hydrogen-bond donors (Lipinski definition) is 2. The van der Waals surface area contributed by atoms with Crippen LogP contribution in [0.1, 0.15) is 33.3 Å². The van der Waals surface area contributed by atoms with E-state index >= 15 is 0 Å². The quantitative estimate of drug-likeness (QED) is 0.470. The molecule has 0 unspecified atom stereocenters. The fourth-order valence-electron chi connectivity index (χ4n) is 1.51. The van der Waals surface area contributed by atoms with Gasteiger partial charge in [-0.1, -0.05) is 0 Å². The van der Waals surface area contributed by atoms with Gasteiger partial charge >= 0.3 is 0 Å². The summed E-state index contributed by atoms with van der Waals surface area (Å²) in [5.41, 5.74) is 1.09. The van der Waals surface area contributed by atoms with Gasteiger partial charge in [-0.3, -0.25) is 4.99 Å². The molecule has 0 aliphatic carbocycles. The molecule has 0 aliphatic rings. The Hall–Kier alpha value is -1.05. The molecule has 0 aliphatic heterocycles. The minimum Gasteiger partial charge on any atom is -0.478 e. The molecule has 0 atom stereocenters. The molecule has 6 heteroatoms. The van der Waals surface area contributed by atoms with E-state index in [-0.39, 0.29) is 29.5 Å². The largest absolute Gasteiger partial charge is 0.478 e. The van der Waals surface area contributed by atoms with E-state index in [9.17, 15) is 0 Å². The first-order valence-corrected chi connectivity index (χ1v) is 6.51. The fourth-order valence-corrected chi connectivity index (χ4v) is 1.51. The third-order valence-electron chi connectivity index (χ3n) is 2.27. The molecule has 0 aromatic carbocycles. The highest BCUT2D eigenvalue weighted by molar-refractivity contribution is 14.0. The van der Waals surface area contributed by atoms with Gasteiger partial charge in [-0.2, -0.15) is 0 Å². The van der Waals surface area contributed by atoms with E-state index in [1.807, 2.05) is 19.1 Å². The van der Waals surface area contributed by atoms with E-state index in [2.05, 4.69) is 41.4 Å². The Balaban J connectivity index is 0.00000361. The van der Waals surface area contributed by atoms with Gasteiger partial charge in [0.25, 0.3) is 0 Å². The standard InChI is InChI=1S/C14H24N4O.HI/c1-6-19-12-9-11(7-8-16-12)10-17-13(15-5)18-14(2,3)4;/h7-9H,6,10H2,1-5H3,(H2,15,17,18);1H. The molecule has 1 aromatic heterocycles. The summed E-state index contributed by atoms with van der Waals surface area (Å²) < 4.78 is 5.38. The molecule has 114 valence electrons. The molecule has 1 heterocycles. The van der Waals surface area contributed by atoms with Gasteiger partial charge in [-0.25, -0.2) is 4.98 Å². The zero-order chi connectivity index (χ0) is 14.3. The van der Waals surface area contributed by atoms with Gasteiger partial charge in [-0.15, -0.1) is 24.0 Å². The first-order valence-electron chi connectivity index (χ1n) is 6.51. The average molecular weight is 392 g/mol. The lowest BCUT2D eigenvalue weighted by Crippen LogP contribution is -2.47. The summed E-state index contributed by atoms with van der Waals surface area (Å²) in [5.74, 6) is 1.43. The van der Waals surface area contributed by atoms with Gasteiger partial charge in [-0.05, 0) is 39.3 Å². The topological polar surface area (TPSA) is 58.5 Å². The molecule has 2 N–H and O–H groups in total. The predicted octanol–water partition coefficient (Wildman–Crippen LogP) is 2.56. The van der Waals surface area contributed by atoms with Crippen molar-refractivity contribution >= 4 is 29.9 Å². The second kappa shape index (κ2) is 8.99. The van der Waals surface area contributed by atoms with Gasteiger partial charge in [0.15, 0.2) is 5.96 Å². The molecular weight excluding hydrogens is 367 g/mol. The summed E-state index contributed by atoms with van der Waals surface area (Å²) in [6, 6.07) is 3.89. The maximum absolute atomic E-state index is 5.38. The van der Waals surface area contributed by atoms with E-state index < -0.39 is 0 Å². The summed E-state index contributed by atoms with van der Waals surface area (Å²) in [5, 5.41) is 6.58. The molecule has 0 bridgehead atoms. The Labute approximate surface area is 138 Å². The number of aromatic nitrogens is 1. The van der Waals surface area contributed by atoms with Crippen molar-refractivity contribution < 1.29 is 4.74 Å². The van der Waals surface area contributed by atoms with Crippen molar-refractivity contribution in [3.05, 3.63) is 23.9 Å². The van der Waals surface area contributed by atoms with Gasteiger partial charge in [0.2, 0.25) is 5.88 Å². The maximum atomic E-state index is 5.38. The zero-order valence-electron chi connectivity index (χ0n) is 12.9. The molecular formula is C14H25IN4O. The van der Waals surface area contributed by atoms with E-state index in [4.69, 9.17) is 4.74 Å². The third-order valence-corrected chi connectivity index (χ3v) is 2.27. The highest BCUT2D eigenvalue weighted by Gasteiger charge is 2.11. The molecule has 1 aromatic rings. The van der Waals surface area contributed by atoms with Crippen LogP contribution in [0.5, 0.6) is 5.88 Å². The van der Waals surface area contributed by atoms with Crippen LogP contribution in [0.3, 0.4) is 0 Å². The molecule has 5 nitrogen and oxygen atoms in total. The molecule has 20 heavy (non-hydrogen) atoms. The Morgan fingerprint density at radius 1 is 1.40 bits per heavy atom. The number of halogens is 1. The minimum absolute atomic E-state index is 0. The lowest BCUT2D eigenvalue weighted by atomic mass is 10.1. The van der Waals surface area contributed by atoms with Crippen molar-refractivity contribution in [2.45, 2.75) is 39.8 Å². The molecule has 0 amide bonds. The first-order chi connectivity index (χ1) is 8.94. The van der Waals surface area contributed by atoms with Gasteiger partial charge in [0, 0.05) is 31.4 Å². The van der Waals surface area contributed by atoms with Crippen LogP contribution in [0.15, 0.2) is 23.3 Å². The smallest absolute Gasteiger partial charge is 0.213 e. The Kier molecular flexibility index (Phi) is 8.52. The van der Waals surface area contributed by atoms with Crippen LogP contribution in [0.25, 0.3) is 0 Å². The maximum Gasteiger partial charge on any atom is 0.213 e. The lowest BCUT2D eigenvalue weighted by molar-refractivity contribution is 0.326. The van der Waals surface area contributed by atoms with Gasteiger partial charge < -0.3 is 15.4 Å². The third kappa shape index (κ3) is 7.52. The van der Waals surface area contributed by atoms with E-state index in [0.29, 0.717) is 19.0 Å². The van der Waals surface area contributed by atoms with Crippen LogP contribution in [0.4, 0.5) is 0 Å². The summed E-state index contributed by atoms with van der Waals surface area (Å²) in [6.07, 6.45) is 1.75. The van der Waals surface area contributed by atoms with E-state index in [0.717, 1.165) is 11.5 Å². The number of guanidine groups is 1. The number of nitrogens with zero attached hydrogens (tertiary/aromatic N) is 2. The van der Waals surface area contributed by atoms with Crippen molar-refractivity contribution in [2.24, 2.45) is 4.99 Å². The van der Waals surface area contributed by atoms with E-state index in [1.54, 1.807) is 13.2 Å². The molecule has 0 saturated carbocycles. The van der Waals surface area contributed by atoms with Crippen molar-refractivity contribution in [1.82, 2.24) is 15.6 Å². The summed E-state index contributed by atoms with van der Waals surface area (Å²) in [7, 11) is 1.76. The number of rotatable bonds is 4. The monoisotopic (exact) mass is 392 g/mol. The number of ether oxygens (including phenoxy) is 1. The van der Waals surface area contributed by atoms with Gasteiger partial charge in [0.1, 0.15) is 0 Å². The second-order valence-electron chi connectivity index (χ2n) is 5.24. The Morgan fingerprint density at radius 3 is 2.65 bits per heavy atom. The van der Waals surface area contributed by atoms with Crippen molar-refractivity contribution in [2.75, 3.05) is 13.7 Å². The fraction of sp³-hybridized carbons (Fsp3) is 0.571. The van der Waals surface area contributed by atoms with E-state index in [1.165, 1.54) is 0 Å². The van der Waals surface area contributed by atoms with Gasteiger partial charge in [0.05, 0.1) is 6.61 Å². The van der Waals surface area contributed by atoms with Crippen LogP contribution < -0.4 is 15.4 Å². The SMILES string of the molecule is CCOc1cc(CNC(=NC)NC(C)(C)C)ccn1.I. The number of hydrogen-bond acceptors (Lipinski definition) is 3. The minimum atomic E-state index is -0.0173. The summed E-state index contributed by atoms with van der Waals surface area (Å²) in [6.45, 7) is 9.54. The molecule has 0 saturated heterocycles. The van der Waals surface area contributed by atoms with Crippen LogP contribution in [-0.2, 0) is 6.54 Å². The highest BCUT2D eigenvalue weighted by Crippen LogP contribution is 2.09. The van der Waals surface area contributed by atoms with Crippen molar-refractivity contribution in [1.29, 1.82) is 0 Å². The highest BCUT2D eigenvalue weighted by atomic mass is 127. The van der Waals surface area contributed by atoms with Crippen LogP contribution >= 0.6 is 24.0 Å². The predicted molar refractivity (Wildman–Crippen MR) is 93.9 cm³/mol.